The van der Waals surface area contributed by atoms with Gasteiger partial charge in [-0.1, -0.05) is 18.2 Å². The van der Waals surface area contributed by atoms with E-state index in [1.54, 1.807) is 11.9 Å². The fraction of sp³-hybridized carbons (Fsp3) is 0.417. The van der Waals surface area contributed by atoms with Crippen molar-refractivity contribution in [1.82, 2.24) is 10.3 Å². The van der Waals surface area contributed by atoms with Gasteiger partial charge >= 0.3 is 0 Å². The summed E-state index contributed by atoms with van der Waals surface area (Å²) in [5.41, 5.74) is 0.942. The highest BCUT2D eigenvalue weighted by atomic mass is 35.5. The molecule has 0 spiro atoms. The summed E-state index contributed by atoms with van der Waals surface area (Å²) < 4.78 is 0. The van der Waals surface area contributed by atoms with Gasteiger partial charge in [-0.25, -0.2) is 10.0 Å². The van der Waals surface area contributed by atoms with Crippen molar-refractivity contribution >= 4 is 24.0 Å². The summed E-state index contributed by atoms with van der Waals surface area (Å²) in [4.78, 5) is 11.7. The molecule has 5 heteroatoms. The van der Waals surface area contributed by atoms with Crippen LogP contribution in [0.15, 0.2) is 30.3 Å². The number of carbonyl (C=O) groups is 1. The summed E-state index contributed by atoms with van der Waals surface area (Å²) in [5, 5.41) is 7.14. The van der Waals surface area contributed by atoms with Gasteiger partial charge in [0, 0.05) is 33.1 Å². The van der Waals surface area contributed by atoms with Gasteiger partial charge in [-0.3, -0.25) is 4.79 Å². The number of piperazine rings is 1. The Morgan fingerprint density at radius 1 is 1.24 bits per heavy atom. The molecule has 1 heterocycles. The molecule has 1 fully saturated rings. The van der Waals surface area contributed by atoms with Gasteiger partial charge in [-0.15, -0.1) is 12.4 Å². The molecule has 17 heavy (non-hydrogen) atoms. The lowest BCUT2D eigenvalue weighted by Gasteiger charge is -2.36. The van der Waals surface area contributed by atoms with E-state index in [0.29, 0.717) is 0 Å². The molecular formula is C12H18ClN3O. The minimum atomic E-state index is 0. The third-order valence-electron chi connectivity index (χ3n) is 2.68. The zero-order chi connectivity index (χ0) is 11.4. The monoisotopic (exact) mass is 255 g/mol. The molecule has 1 aromatic rings. The average molecular weight is 256 g/mol. The minimum Gasteiger partial charge on any atom is -0.314 e. The van der Waals surface area contributed by atoms with Crippen molar-refractivity contribution in [3.63, 3.8) is 0 Å². The second-order valence-corrected chi connectivity index (χ2v) is 3.87. The molecule has 1 amide bonds. The summed E-state index contributed by atoms with van der Waals surface area (Å²) in [6.07, 6.45) is 0. The van der Waals surface area contributed by atoms with Crippen LogP contribution < -0.4 is 10.3 Å². The standard InChI is InChI=1S/C12H17N3O.ClH/c1-11(16)15(12-5-3-2-4-6-12)14-9-7-13-8-10-14;/h2-6,13H,7-10H2,1H3;1H. The Labute approximate surface area is 108 Å². The number of hydrazine groups is 1. The van der Waals surface area contributed by atoms with E-state index in [9.17, 15) is 4.79 Å². The topological polar surface area (TPSA) is 35.6 Å². The maximum absolute atomic E-state index is 11.7. The van der Waals surface area contributed by atoms with Crippen molar-refractivity contribution in [2.24, 2.45) is 0 Å². The predicted molar refractivity (Wildman–Crippen MR) is 71.3 cm³/mol. The Morgan fingerprint density at radius 3 is 2.35 bits per heavy atom. The summed E-state index contributed by atoms with van der Waals surface area (Å²) in [5.74, 6) is 0.0631. The van der Waals surface area contributed by atoms with Crippen molar-refractivity contribution < 1.29 is 4.79 Å². The highest BCUT2D eigenvalue weighted by molar-refractivity contribution is 5.90. The highest BCUT2D eigenvalue weighted by Crippen LogP contribution is 2.16. The number of hydrogen-bond acceptors (Lipinski definition) is 3. The normalized spacial score (nSPS) is 16.1. The first-order valence-corrected chi connectivity index (χ1v) is 5.60. The summed E-state index contributed by atoms with van der Waals surface area (Å²) in [6.45, 7) is 5.20. The first kappa shape index (κ1) is 14.0. The van der Waals surface area contributed by atoms with Crippen LogP contribution in [-0.4, -0.2) is 37.1 Å². The SMILES string of the molecule is CC(=O)N(c1ccccc1)N1CCNCC1.Cl. The molecule has 1 aliphatic rings. The Bertz CT molecular complexity index is 352. The van der Waals surface area contributed by atoms with E-state index in [4.69, 9.17) is 0 Å². The molecule has 1 aliphatic heterocycles. The van der Waals surface area contributed by atoms with E-state index < -0.39 is 0 Å². The fourth-order valence-electron chi connectivity index (χ4n) is 1.97. The van der Waals surface area contributed by atoms with Gasteiger partial charge in [0.25, 0.3) is 0 Å². The smallest absolute Gasteiger partial charge is 0.238 e. The highest BCUT2D eigenvalue weighted by Gasteiger charge is 2.21. The molecule has 0 radical (unpaired) electrons. The van der Waals surface area contributed by atoms with Crippen LogP contribution in [0.25, 0.3) is 0 Å². The zero-order valence-corrected chi connectivity index (χ0v) is 10.7. The van der Waals surface area contributed by atoms with Gasteiger partial charge in [0.05, 0.1) is 5.69 Å². The van der Waals surface area contributed by atoms with E-state index in [-0.39, 0.29) is 18.3 Å². The van der Waals surface area contributed by atoms with Gasteiger partial charge in [0.1, 0.15) is 0 Å². The average Bonchev–Trinajstić information content (AvgIpc) is 2.31. The molecule has 1 aromatic carbocycles. The summed E-state index contributed by atoms with van der Waals surface area (Å²) in [6, 6.07) is 9.79. The number of carbonyl (C=O) groups excluding carboxylic acids is 1. The third kappa shape index (κ3) is 3.43. The van der Waals surface area contributed by atoms with Crippen molar-refractivity contribution in [1.29, 1.82) is 0 Å². The van der Waals surface area contributed by atoms with Crippen LogP contribution in [0.2, 0.25) is 0 Å². The molecule has 0 saturated carbocycles. The molecule has 4 nitrogen and oxygen atoms in total. The number of benzene rings is 1. The van der Waals surface area contributed by atoms with Crippen molar-refractivity contribution in [2.45, 2.75) is 6.92 Å². The molecular weight excluding hydrogens is 238 g/mol. The maximum atomic E-state index is 11.7. The zero-order valence-electron chi connectivity index (χ0n) is 9.93. The van der Waals surface area contributed by atoms with Crippen LogP contribution in [0.3, 0.4) is 0 Å². The van der Waals surface area contributed by atoms with E-state index in [1.807, 2.05) is 30.3 Å². The van der Waals surface area contributed by atoms with E-state index >= 15 is 0 Å². The number of rotatable bonds is 2. The number of para-hydroxylation sites is 1. The number of amides is 1. The molecule has 1 N–H and O–H groups in total. The molecule has 1 saturated heterocycles. The minimum absolute atomic E-state index is 0. The van der Waals surface area contributed by atoms with Crippen LogP contribution in [0.1, 0.15) is 6.92 Å². The van der Waals surface area contributed by atoms with Gasteiger partial charge in [0.15, 0.2) is 0 Å². The lowest BCUT2D eigenvalue weighted by Crippen LogP contribution is -2.54. The van der Waals surface area contributed by atoms with Gasteiger partial charge in [-0.2, -0.15) is 0 Å². The Morgan fingerprint density at radius 2 is 1.82 bits per heavy atom. The molecule has 0 aromatic heterocycles. The molecule has 0 bridgehead atoms. The lowest BCUT2D eigenvalue weighted by atomic mass is 10.3. The molecule has 0 unspecified atom stereocenters. The van der Waals surface area contributed by atoms with Crippen LogP contribution in [0, 0.1) is 0 Å². The second-order valence-electron chi connectivity index (χ2n) is 3.87. The van der Waals surface area contributed by atoms with Crippen molar-refractivity contribution in [3.8, 4) is 0 Å². The van der Waals surface area contributed by atoms with Crippen LogP contribution in [-0.2, 0) is 4.79 Å². The van der Waals surface area contributed by atoms with Crippen LogP contribution in [0.5, 0.6) is 0 Å². The fourth-order valence-corrected chi connectivity index (χ4v) is 1.97. The Hall–Kier alpha value is -1.10. The second kappa shape index (κ2) is 6.59. The van der Waals surface area contributed by atoms with E-state index in [2.05, 4.69) is 10.3 Å². The summed E-state index contributed by atoms with van der Waals surface area (Å²) >= 11 is 0. The lowest BCUT2D eigenvalue weighted by molar-refractivity contribution is -0.119. The number of nitrogens with one attached hydrogen (secondary N) is 1. The molecule has 0 aliphatic carbocycles. The Kier molecular flexibility index (Phi) is 5.41. The number of anilines is 1. The number of halogens is 1. The molecule has 94 valence electrons. The van der Waals surface area contributed by atoms with E-state index in [0.717, 1.165) is 31.9 Å². The van der Waals surface area contributed by atoms with Crippen LogP contribution >= 0.6 is 12.4 Å². The van der Waals surface area contributed by atoms with E-state index in [1.165, 1.54) is 0 Å². The van der Waals surface area contributed by atoms with Crippen molar-refractivity contribution in [3.05, 3.63) is 30.3 Å². The van der Waals surface area contributed by atoms with Gasteiger partial charge < -0.3 is 5.32 Å². The predicted octanol–water partition coefficient (Wildman–Crippen LogP) is 1.28. The third-order valence-corrected chi connectivity index (χ3v) is 2.68. The largest absolute Gasteiger partial charge is 0.314 e. The molecule has 0 atom stereocenters. The Balaban J connectivity index is 0.00000144. The number of hydrogen-bond donors (Lipinski definition) is 1. The maximum Gasteiger partial charge on any atom is 0.238 e. The van der Waals surface area contributed by atoms with Crippen molar-refractivity contribution in [2.75, 3.05) is 31.2 Å². The summed E-state index contributed by atoms with van der Waals surface area (Å²) in [7, 11) is 0. The number of nitrogens with zero attached hydrogens (tertiary/aromatic N) is 2. The quantitative estimate of drug-likeness (QED) is 0.865. The van der Waals surface area contributed by atoms with Gasteiger partial charge in [0.2, 0.25) is 5.91 Å². The van der Waals surface area contributed by atoms with Gasteiger partial charge in [-0.05, 0) is 12.1 Å². The first-order valence-electron chi connectivity index (χ1n) is 5.60. The van der Waals surface area contributed by atoms with Crippen LogP contribution in [0.4, 0.5) is 5.69 Å². The first-order chi connectivity index (χ1) is 7.79. The molecule has 2 rings (SSSR count).